The van der Waals surface area contributed by atoms with Gasteiger partial charge in [0.15, 0.2) is 5.82 Å². The molecule has 11 aromatic rings. The van der Waals surface area contributed by atoms with E-state index in [1.54, 1.807) is 11.3 Å². The molecule has 2 aliphatic rings. The summed E-state index contributed by atoms with van der Waals surface area (Å²) >= 11 is 1.75. The van der Waals surface area contributed by atoms with E-state index < -0.39 is 5.41 Å². The molecule has 5 heteroatoms. The number of benzene rings is 8. The fraction of sp³-hybridized carbons (Fsp3) is 0.0185. The van der Waals surface area contributed by atoms with Crippen LogP contribution in [0.4, 0.5) is 0 Å². The van der Waals surface area contributed by atoms with Crippen LogP contribution in [0.2, 0.25) is 0 Å². The number of rotatable bonds is 3. The zero-order valence-corrected chi connectivity index (χ0v) is 32.4. The fourth-order valence-electron chi connectivity index (χ4n) is 9.81. The van der Waals surface area contributed by atoms with E-state index in [4.69, 9.17) is 19.7 Å². The van der Waals surface area contributed by atoms with E-state index in [9.17, 15) is 0 Å². The number of hydrogen-bond donors (Lipinski definition) is 0. The van der Waals surface area contributed by atoms with Crippen LogP contribution in [0.1, 0.15) is 22.3 Å². The third kappa shape index (κ3) is 4.56. The molecule has 4 heterocycles. The fourth-order valence-corrected chi connectivity index (χ4v) is 11.0. The van der Waals surface area contributed by atoms with Gasteiger partial charge < -0.3 is 4.74 Å². The van der Waals surface area contributed by atoms with E-state index in [1.807, 2.05) is 18.2 Å². The van der Waals surface area contributed by atoms with Gasteiger partial charge in [-0.2, -0.15) is 0 Å². The van der Waals surface area contributed by atoms with Crippen LogP contribution in [-0.4, -0.2) is 15.0 Å². The second-order valence-corrected chi connectivity index (χ2v) is 16.5. The van der Waals surface area contributed by atoms with Crippen molar-refractivity contribution in [2.24, 2.45) is 0 Å². The van der Waals surface area contributed by atoms with E-state index in [-0.39, 0.29) is 0 Å². The summed E-state index contributed by atoms with van der Waals surface area (Å²) in [5.74, 6) is 2.48. The molecular weight excluding hydrogens is 739 g/mol. The van der Waals surface area contributed by atoms with Crippen molar-refractivity contribution in [2.75, 3.05) is 0 Å². The molecule has 4 nitrogen and oxygen atoms in total. The van der Waals surface area contributed by atoms with Crippen LogP contribution in [0.25, 0.3) is 87.0 Å². The number of thiophene rings is 1. The first kappa shape index (κ1) is 32.6. The standard InChI is InChI=1S/C54H31N3OS/c1-3-15-32(16-4-1)49-40-30-38-35-19-7-9-21-41(35)54(42-22-10-12-24-46(42)58-47-25-13-11-23-43(47)54)44(38)31-37(40)39-29-34(27-28-45(39)55-49)50-52-51(36-20-8-14-26-48(36)59-52)57-53(56-50)33-17-5-2-6-18-33/h1-31H. The predicted octanol–water partition coefficient (Wildman–Crippen LogP) is 14.0. The number of fused-ring (bicyclic) bond motifs is 15. The molecule has 0 radical (unpaired) electrons. The molecule has 0 N–H and O–H groups in total. The van der Waals surface area contributed by atoms with Crippen LogP contribution < -0.4 is 4.74 Å². The van der Waals surface area contributed by atoms with E-state index in [0.717, 1.165) is 88.0 Å². The first-order chi connectivity index (χ1) is 29.2. The lowest BCUT2D eigenvalue weighted by Gasteiger charge is -2.39. The second-order valence-electron chi connectivity index (χ2n) is 15.4. The molecule has 3 aromatic heterocycles. The molecule has 59 heavy (non-hydrogen) atoms. The Morgan fingerprint density at radius 2 is 1.07 bits per heavy atom. The van der Waals surface area contributed by atoms with Gasteiger partial charge in [0, 0.05) is 48.7 Å². The normalized spacial score (nSPS) is 13.4. The minimum atomic E-state index is -0.591. The Morgan fingerprint density at radius 3 is 1.85 bits per heavy atom. The van der Waals surface area contributed by atoms with Gasteiger partial charge in [-0.25, -0.2) is 15.0 Å². The lowest BCUT2D eigenvalue weighted by Crippen LogP contribution is -2.32. The summed E-state index contributed by atoms with van der Waals surface area (Å²) in [5, 5.41) is 4.48. The van der Waals surface area contributed by atoms with Crippen molar-refractivity contribution in [1.29, 1.82) is 0 Å². The maximum atomic E-state index is 6.67. The van der Waals surface area contributed by atoms with E-state index in [1.165, 1.54) is 27.0 Å². The van der Waals surface area contributed by atoms with Crippen molar-refractivity contribution in [3.05, 3.63) is 210 Å². The molecule has 0 amide bonds. The van der Waals surface area contributed by atoms with Gasteiger partial charge in [-0.05, 0) is 70.1 Å². The molecule has 0 bridgehead atoms. The zero-order valence-electron chi connectivity index (χ0n) is 31.6. The van der Waals surface area contributed by atoms with E-state index in [0.29, 0.717) is 5.82 Å². The minimum absolute atomic E-state index is 0.591. The van der Waals surface area contributed by atoms with Crippen molar-refractivity contribution >= 4 is 53.3 Å². The summed E-state index contributed by atoms with van der Waals surface area (Å²) in [5.41, 5.74) is 13.6. The maximum Gasteiger partial charge on any atom is 0.160 e. The molecular formula is C54H31N3OS. The Kier molecular flexibility index (Phi) is 6.78. The van der Waals surface area contributed by atoms with Crippen molar-refractivity contribution in [2.45, 2.75) is 5.41 Å². The van der Waals surface area contributed by atoms with Crippen molar-refractivity contribution in [3.8, 4) is 56.5 Å². The number of aromatic nitrogens is 3. The number of nitrogens with zero attached hydrogens (tertiary/aromatic N) is 3. The van der Waals surface area contributed by atoms with Gasteiger partial charge in [-0.15, -0.1) is 11.3 Å². The quantitative estimate of drug-likeness (QED) is 0.168. The average molecular weight is 770 g/mol. The summed E-state index contributed by atoms with van der Waals surface area (Å²) in [6.45, 7) is 0. The molecule has 0 fully saturated rings. The van der Waals surface area contributed by atoms with E-state index in [2.05, 4.69) is 170 Å². The average Bonchev–Trinajstić information content (AvgIpc) is 3.82. The summed E-state index contributed by atoms with van der Waals surface area (Å²) in [6, 6.07) is 67.0. The van der Waals surface area contributed by atoms with Crippen LogP contribution >= 0.6 is 11.3 Å². The van der Waals surface area contributed by atoms with Gasteiger partial charge in [-0.1, -0.05) is 146 Å². The van der Waals surface area contributed by atoms with Crippen molar-refractivity contribution in [3.63, 3.8) is 0 Å². The molecule has 0 unspecified atom stereocenters. The topological polar surface area (TPSA) is 47.9 Å². The lowest BCUT2D eigenvalue weighted by molar-refractivity contribution is 0.436. The molecule has 274 valence electrons. The summed E-state index contributed by atoms with van der Waals surface area (Å²) in [4.78, 5) is 16.0. The van der Waals surface area contributed by atoms with Gasteiger partial charge in [0.1, 0.15) is 11.5 Å². The minimum Gasteiger partial charge on any atom is -0.457 e. The number of ether oxygens (including phenoxy) is 1. The van der Waals surface area contributed by atoms with Crippen LogP contribution in [0.15, 0.2) is 188 Å². The number of hydrogen-bond acceptors (Lipinski definition) is 5. The highest BCUT2D eigenvalue weighted by atomic mass is 32.1. The van der Waals surface area contributed by atoms with E-state index >= 15 is 0 Å². The van der Waals surface area contributed by atoms with Crippen LogP contribution in [-0.2, 0) is 5.41 Å². The first-order valence-corrected chi connectivity index (χ1v) is 20.7. The Labute approximate surface area is 343 Å². The van der Waals surface area contributed by atoms with Gasteiger partial charge in [-0.3, -0.25) is 0 Å². The Hall–Kier alpha value is -7.47. The molecule has 13 rings (SSSR count). The number of pyridine rings is 1. The third-order valence-electron chi connectivity index (χ3n) is 12.3. The van der Waals surface area contributed by atoms with Crippen molar-refractivity contribution in [1.82, 2.24) is 15.0 Å². The van der Waals surface area contributed by atoms with Gasteiger partial charge >= 0.3 is 0 Å². The number of para-hydroxylation sites is 2. The Balaban J connectivity index is 1.15. The second kappa shape index (κ2) is 12.3. The highest BCUT2D eigenvalue weighted by molar-refractivity contribution is 7.26. The summed E-state index contributed by atoms with van der Waals surface area (Å²) in [6.07, 6.45) is 0. The molecule has 8 aromatic carbocycles. The lowest BCUT2D eigenvalue weighted by atomic mass is 9.66. The molecule has 1 aliphatic heterocycles. The molecule has 1 aliphatic carbocycles. The highest BCUT2D eigenvalue weighted by Gasteiger charge is 2.51. The Bertz CT molecular complexity index is 3490. The molecule has 0 saturated carbocycles. The molecule has 0 atom stereocenters. The van der Waals surface area contributed by atoms with Gasteiger partial charge in [0.05, 0.1) is 32.5 Å². The molecule has 0 saturated heterocycles. The van der Waals surface area contributed by atoms with Gasteiger partial charge in [0.25, 0.3) is 0 Å². The summed E-state index contributed by atoms with van der Waals surface area (Å²) in [7, 11) is 0. The van der Waals surface area contributed by atoms with Crippen LogP contribution in [0.3, 0.4) is 0 Å². The monoisotopic (exact) mass is 769 g/mol. The predicted molar refractivity (Wildman–Crippen MR) is 241 cm³/mol. The SMILES string of the molecule is c1ccc(-c2nc(-c3ccc4nc(-c5ccccc5)c5cc6c(cc5c4c3)C3(c4ccccc4Oc4ccccc43)c3ccccc3-6)c3sc4ccccc4c3n2)cc1. The first-order valence-electron chi connectivity index (χ1n) is 19.9. The highest BCUT2D eigenvalue weighted by Crippen LogP contribution is 2.62. The van der Waals surface area contributed by atoms with Crippen LogP contribution in [0, 0.1) is 0 Å². The molecule has 1 spiro atoms. The maximum absolute atomic E-state index is 6.67. The Morgan fingerprint density at radius 1 is 0.407 bits per heavy atom. The third-order valence-corrected chi connectivity index (χ3v) is 13.5. The van der Waals surface area contributed by atoms with Gasteiger partial charge in [0.2, 0.25) is 0 Å². The zero-order chi connectivity index (χ0) is 38.7. The van der Waals surface area contributed by atoms with Crippen molar-refractivity contribution < 1.29 is 4.74 Å². The smallest absolute Gasteiger partial charge is 0.160 e. The summed E-state index contributed by atoms with van der Waals surface area (Å²) < 4.78 is 8.94. The van der Waals surface area contributed by atoms with Crippen LogP contribution in [0.5, 0.6) is 11.5 Å². The largest absolute Gasteiger partial charge is 0.457 e.